The van der Waals surface area contributed by atoms with Crippen molar-refractivity contribution in [3.05, 3.63) is 29.3 Å². The zero-order valence-electron chi connectivity index (χ0n) is 12.6. The molecule has 1 aromatic carbocycles. The Labute approximate surface area is 141 Å². The summed E-state index contributed by atoms with van der Waals surface area (Å²) in [6.45, 7) is 1.28. The molecule has 0 bridgehead atoms. The molecule has 128 valence electrons. The van der Waals surface area contributed by atoms with Gasteiger partial charge in [0, 0.05) is 18.8 Å². The van der Waals surface area contributed by atoms with Crippen LogP contribution in [0.5, 0.6) is 0 Å². The first-order valence-corrected chi connectivity index (χ1v) is 8.42. The van der Waals surface area contributed by atoms with Crippen LogP contribution in [0.4, 0.5) is 18.9 Å². The van der Waals surface area contributed by atoms with Gasteiger partial charge < -0.3 is 10.2 Å². The Morgan fingerprint density at radius 1 is 1.25 bits per heavy atom. The Morgan fingerprint density at radius 2 is 2.00 bits per heavy atom. The average molecular weight is 356 g/mol. The van der Waals surface area contributed by atoms with Crippen molar-refractivity contribution < 1.29 is 18.0 Å². The van der Waals surface area contributed by atoms with E-state index >= 15 is 0 Å². The van der Waals surface area contributed by atoms with Gasteiger partial charge in [-0.2, -0.15) is 18.3 Å². The summed E-state index contributed by atoms with van der Waals surface area (Å²) >= 11 is 1.20. The van der Waals surface area contributed by atoms with Gasteiger partial charge in [-0.15, -0.1) is 5.10 Å². The Morgan fingerprint density at radius 3 is 2.62 bits per heavy atom. The topological polar surface area (TPSA) is 57.1 Å². The average Bonchev–Trinajstić information content (AvgIpc) is 3.18. The number of rotatable bonds is 3. The molecule has 24 heavy (non-hydrogen) atoms. The fourth-order valence-electron chi connectivity index (χ4n) is 2.62. The largest absolute Gasteiger partial charge is 0.418 e. The first kappa shape index (κ1) is 16.8. The predicted molar refractivity (Wildman–Crippen MR) is 88.5 cm³/mol. The van der Waals surface area contributed by atoms with Crippen molar-refractivity contribution in [1.29, 1.82) is 0 Å². The van der Waals surface area contributed by atoms with E-state index in [4.69, 9.17) is 0 Å². The second-order valence-electron chi connectivity index (χ2n) is 5.46. The number of nitrogens with zero attached hydrogens (tertiary/aromatic N) is 3. The number of amidine groups is 1. The molecular weight excluding hydrogens is 341 g/mol. The quantitative estimate of drug-likeness (QED) is 0.669. The maximum absolute atomic E-state index is 13.3. The third kappa shape index (κ3) is 3.89. The number of thioether (sulfide) groups is 1. The Kier molecular flexibility index (Phi) is 4.79. The number of carbonyl (C=O) groups is 1. The highest BCUT2D eigenvalue weighted by Crippen LogP contribution is 2.38. The monoisotopic (exact) mass is 356 g/mol. The third-order valence-corrected chi connectivity index (χ3v) is 4.58. The Hall–Kier alpha value is -2.03. The molecule has 9 heteroatoms. The lowest BCUT2D eigenvalue weighted by Crippen LogP contribution is -2.22. The lowest BCUT2D eigenvalue weighted by Gasteiger charge is -2.22. The van der Waals surface area contributed by atoms with Gasteiger partial charge in [0.15, 0.2) is 5.17 Å². The molecule has 0 atom stereocenters. The van der Waals surface area contributed by atoms with Crippen molar-refractivity contribution in [2.45, 2.75) is 19.0 Å². The molecule has 0 aliphatic carbocycles. The maximum atomic E-state index is 13.3. The van der Waals surface area contributed by atoms with E-state index in [1.165, 1.54) is 24.0 Å². The zero-order chi connectivity index (χ0) is 17.2. The molecule has 0 spiro atoms. The zero-order valence-corrected chi connectivity index (χ0v) is 13.5. The van der Waals surface area contributed by atoms with E-state index < -0.39 is 11.7 Å². The van der Waals surface area contributed by atoms with E-state index in [0.717, 1.165) is 18.9 Å². The number of carbonyl (C=O) groups excluding carboxylic acids is 1. The van der Waals surface area contributed by atoms with Crippen LogP contribution in [-0.4, -0.2) is 36.1 Å². The van der Waals surface area contributed by atoms with Crippen LogP contribution in [0.2, 0.25) is 0 Å². The molecule has 0 radical (unpaired) electrons. The fourth-order valence-corrected chi connectivity index (χ4v) is 3.25. The summed E-state index contributed by atoms with van der Waals surface area (Å²) in [6, 6.07) is 4.15. The Bertz CT molecular complexity index is 696. The molecule has 2 saturated heterocycles. The minimum Gasteiger partial charge on any atom is -0.371 e. The predicted octanol–water partition coefficient (Wildman–Crippen LogP) is 2.86. The number of benzene rings is 1. The van der Waals surface area contributed by atoms with Crippen LogP contribution >= 0.6 is 11.8 Å². The van der Waals surface area contributed by atoms with Gasteiger partial charge in [-0.05, 0) is 30.5 Å². The SMILES string of the molecule is O=C1CSC(=NN=Cc2ccc(N3CCCC3)c(C(F)(F)F)c2)N1. The highest BCUT2D eigenvalue weighted by molar-refractivity contribution is 8.15. The summed E-state index contributed by atoms with van der Waals surface area (Å²) in [7, 11) is 0. The fraction of sp³-hybridized carbons (Fsp3) is 0.400. The van der Waals surface area contributed by atoms with E-state index in [1.807, 2.05) is 0 Å². The van der Waals surface area contributed by atoms with E-state index in [2.05, 4.69) is 15.5 Å². The van der Waals surface area contributed by atoms with Crippen molar-refractivity contribution >= 4 is 34.7 Å². The molecule has 5 nitrogen and oxygen atoms in total. The van der Waals surface area contributed by atoms with E-state index in [1.54, 1.807) is 11.0 Å². The lowest BCUT2D eigenvalue weighted by atomic mass is 10.1. The van der Waals surface area contributed by atoms with Crippen LogP contribution in [0, 0.1) is 0 Å². The highest BCUT2D eigenvalue weighted by atomic mass is 32.2. The van der Waals surface area contributed by atoms with Gasteiger partial charge in [0.05, 0.1) is 17.5 Å². The van der Waals surface area contributed by atoms with Crippen LogP contribution in [0.3, 0.4) is 0 Å². The lowest BCUT2D eigenvalue weighted by molar-refractivity contribution is -0.137. The van der Waals surface area contributed by atoms with Crippen LogP contribution in [0.15, 0.2) is 28.4 Å². The number of alkyl halides is 3. The molecular formula is C15H15F3N4OS. The Balaban J connectivity index is 1.83. The molecule has 2 aliphatic heterocycles. The first-order valence-electron chi connectivity index (χ1n) is 7.43. The molecule has 1 N–H and O–H groups in total. The van der Waals surface area contributed by atoms with Crippen molar-refractivity contribution in [3.63, 3.8) is 0 Å². The number of hydrogen-bond acceptors (Lipinski definition) is 5. The van der Waals surface area contributed by atoms with Crippen LogP contribution in [0.1, 0.15) is 24.0 Å². The molecule has 0 aromatic heterocycles. The van der Waals surface area contributed by atoms with Crippen molar-refractivity contribution in [1.82, 2.24) is 5.32 Å². The van der Waals surface area contributed by atoms with Gasteiger partial charge in [-0.3, -0.25) is 4.79 Å². The summed E-state index contributed by atoms with van der Waals surface area (Å²) in [5.41, 5.74) is -0.143. The molecule has 1 amide bonds. The number of hydrogen-bond donors (Lipinski definition) is 1. The summed E-state index contributed by atoms with van der Waals surface area (Å²) in [4.78, 5) is 12.8. The van der Waals surface area contributed by atoms with E-state index in [-0.39, 0.29) is 17.3 Å². The van der Waals surface area contributed by atoms with Crippen molar-refractivity contribution in [2.24, 2.45) is 10.2 Å². The number of nitrogens with one attached hydrogen (secondary N) is 1. The minimum absolute atomic E-state index is 0.164. The second kappa shape index (κ2) is 6.84. The van der Waals surface area contributed by atoms with Gasteiger partial charge in [0.2, 0.25) is 5.91 Å². The standard InChI is InChI=1S/C15H15F3N4OS/c16-15(17,18)11-7-10(3-4-12(11)22-5-1-2-6-22)8-19-21-14-20-13(23)9-24-14/h3-4,7-8H,1-2,5-6,9H2,(H,20,21,23). The maximum Gasteiger partial charge on any atom is 0.418 e. The van der Waals surface area contributed by atoms with Gasteiger partial charge in [-0.25, -0.2) is 0 Å². The van der Waals surface area contributed by atoms with Crippen LogP contribution < -0.4 is 10.2 Å². The van der Waals surface area contributed by atoms with Gasteiger partial charge in [0.1, 0.15) is 0 Å². The number of anilines is 1. The van der Waals surface area contributed by atoms with Gasteiger partial charge >= 0.3 is 6.18 Å². The van der Waals surface area contributed by atoms with Crippen molar-refractivity contribution in [3.8, 4) is 0 Å². The number of amides is 1. The van der Waals surface area contributed by atoms with E-state index in [0.29, 0.717) is 23.8 Å². The second-order valence-corrected chi connectivity index (χ2v) is 6.42. The van der Waals surface area contributed by atoms with Crippen LogP contribution in [-0.2, 0) is 11.0 Å². The summed E-state index contributed by atoms with van der Waals surface area (Å²) in [5, 5.41) is 10.4. The third-order valence-electron chi connectivity index (χ3n) is 3.71. The molecule has 1 aromatic rings. The molecule has 0 unspecified atom stereocenters. The van der Waals surface area contributed by atoms with E-state index in [9.17, 15) is 18.0 Å². The molecule has 2 heterocycles. The molecule has 2 aliphatic rings. The van der Waals surface area contributed by atoms with Gasteiger partial charge in [0.25, 0.3) is 0 Å². The summed E-state index contributed by atoms with van der Waals surface area (Å²) in [6.07, 6.45) is -1.37. The smallest absolute Gasteiger partial charge is 0.371 e. The summed E-state index contributed by atoms with van der Waals surface area (Å²) < 4.78 is 40.0. The minimum atomic E-state index is -4.43. The van der Waals surface area contributed by atoms with Gasteiger partial charge in [-0.1, -0.05) is 17.8 Å². The van der Waals surface area contributed by atoms with Crippen molar-refractivity contribution in [2.75, 3.05) is 23.7 Å². The first-order chi connectivity index (χ1) is 11.4. The molecule has 3 rings (SSSR count). The molecule has 0 saturated carbocycles. The highest BCUT2D eigenvalue weighted by Gasteiger charge is 2.35. The number of halogens is 3. The molecule has 2 fully saturated rings. The normalized spacial score (nSPS) is 20.4. The van der Waals surface area contributed by atoms with Crippen LogP contribution in [0.25, 0.3) is 0 Å². The summed E-state index contributed by atoms with van der Waals surface area (Å²) in [5.74, 6) is 0.111.